The van der Waals surface area contributed by atoms with Crippen LogP contribution in [0.25, 0.3) is 0 Å². The first-order valence-electron chi connectivity index (χ1n) is 6.21. The lowest BCUT2D eigenvalue weighted by Crippen LogP contribution is -1.99. The van der Waals surface area contributed by atoms with Gasteiger partial charge in [-0.3, -0.25) is 4.79 Å². The molecule has 0 saturated heterocycles. The average molecular weight is 288 g/mol. The van der Waals surface area contributed by atoms with Gasteiger partial charge in [-0.1, -0.05) is 30.3 Å². The number of aldehydes is 1. The highest BCUT2D eigenvalue weighted by Crippen LogP contribution is 2.31. The zero-order valence-corrected chi connectivity index (χ0v) is 12.1. The molecule has 20 heavy (non-hydrogen) atoms. The highest BCUT2D eigenvalue weighted by molar-refractivity contribution is 7.98. The first-order chi connectivity index (χ1) is 9.83. The lowest BCUT2D eigenvalue weighted by Gasteiger charge is -2.10. The Morgan fingerprint density at radius 1 is 1.15 bits per heavy atom. The number of ether oxygens (including phenoxy) is 2. The van der Waals surface area contributed by atoms with E-state index in [9.17, 15) is 4.79 Å². The maximum Gasteiger partial charge on any atom is 0.188 e. The Morgan fingerprint density at radius 3 is 2.80 bits per heavy atom. The van der Waals surface area contributed by atoms with Crippen LogP contribution in [0, 0.1) is 0 Å². The molecule has 0 spiro atoms. The van der Waals surface area contributed by atoms with Gasteiger partial charge in [0, 0.05) is 23.3 Å². The standard InChI is InChI=1S/C16H16O3S/c1-18-12-19-15-7-2-3-8-16(15)20-11-14-6-4-5-13(9-14)10-17/h2-10H,11-12H2,1H3. The Labute approximate surface area is 122 Å². The van der Waals surface area contributed by atoms with E-state index in [1.54, 1.807) is 24.9 Å². The number of hydrogen-bond donors (Lipinski definition) is 0. The predicted molar refractivity (Wildman–Crippen MR) is 80.3 cm³/mol. The molecule has 104 valence electrons. The fraction of sp³-hybridized carbons (Fsp3) is 0.188. The molecule has 4 heteroatoms. The molecule has 0 amide bonds. The monoisotopic (exact) mass is 288 g/mol. The van der Waals surface area contributed by atoms with Crippen molar-refractivity contribution in [3.05, 3.63) is 59.7 Å². The Balaban J connectivity index is 2.04. The second kappa shape index (κ2) is 7.72. The topological polar surface area (TPSA) is 35.5 Å². The number of hydrogen-bond acceptors (Lipinski definition) is 4. The van der Waals surface area contributed by atoms with Gasteiger partial charge >= 0.3 is 0 Å². The molecular formula is C16H16O3S. The van der Waals surface area contributed by atoms with E-state index in [1.165, 1.54) is 0 Å². The molecule has 0 N–H and O–H groups in total. The van der Waals surface area contributed by atoms with Gasteiger partial charge in [0.25, 0.3) is 0 Å². The van der Waals surface area contributed by atoms with Crippen LogP contribution in [-0.2, 0) is 10.5 Å². The summed E-state index contributed by atoms with van der Waals surface area (Å²) in [6.07, 6.45) is 0.865. The second-order valence-corrected chi connectivity index (χ2v) is 5.17. The van der Waals surface area contributed by atoms with Gasteiger partial charge in [0.1, 0.15) is 12.0 Å². The Bertz CT molecular complexity index is 569. The van der Waals surface area contributed by atoms with Crippen LogP contribution < -0.4 is 4.74 Å². The van der Waals surface area contributed by atoms with E-state index in [-0.39, 0.29) is 6.79 Å². The lowest BCUT2D eigenvalue weighted by atomic mass is 10.2. The van der Waals surface area contributed by atoms with Gasteiger partial charge in [0.05, 0.1) is 0 Å². The van der Waals surface area contributed by atoms with Gasteiger partial charge < -0.3 is 9.47 Å². The number of para-hydroxylation sites is 1. The van der Waals surface area contributed by atoms with E-state index in [2.05, 4.69) is 0 Å². The van der Waals surface area contributed by atoms with Crippen LogP contribution in [0.15, 0.2) is 53.4 Å². The highest BCUT2D eigenvalue weighted by atomic mass is 32.2. The van der Waals surface area contributed by atoms with Gasteiger partial charge in [-0.25, -0.2) is 0 Å². The normalized spacial score (nSPS) is 10.2. The smallest absolute Gasteiger partial charge is 0.188 e. The summed E-state index contributed by atoms with van der Waals surface area (Å²) in [5.41, 5.74) is 1.81. The molecule has 2 aromatic carbocycles. The van der Waals surface area contributed by atoms with Gasteiger partial charge in [0.15, 0.2) is 6.79 Å². The van der Waals surface area contributed by atoms with Gasteiger partial charge in [-0.15, -0.1) is 11.8 Å². The van der Waals surface area contributed by atoms with Gasteiger partial charge in [-0.2, -0.15) is 0 Å². The molecule has 0 bridgehead atoms. The van der Waals surface area contributed by atoms with E-state index in [4.69, 9.17) is 9.47 Å². The fourth-order valence-electron chi connectivity index (χ4n) is 1.73. The van der Waals surface area contributed by atoms with Crippen LogP contribution in [0.3, 0.4) is 0 Å². The molecule has 3 nitrogen and oxygen atoms in total. The van der Waals surface area contributed by atoms with Crippen molar-refractivity contribution in [2.45, 2.75) is 10.6 Å². The number of benzene rings is 2. The summed E-state index contributed by atoms with van der Waals surface area (Å²) in [4.78, 5) is 11.8. The molecular weight excluding hydrogens is 272 g/mol. The van der Waals surface area contributed by atoms with Crippen molar-refractivity contribution in [1.82, 2.24) is 0 Å². The third-order valence-electron chi connectivity index (χ3n) is 2.66. The Hall–Kier alpha value is -1.78. The van der Waals surface area contributed by atoms with E-state index < -0.39 is 0 Å². The van der Waals surface area contributed by atoms with Crippen molar-refractivity contribution in [3.8, 4) is 5.75 Å². The summed E-state index contributed by atoms with van der Waals surface area (Å²) < 4.78 is 10.4. The maximum absolute atomic E-state index is 10.8. The molecule has 0 aliphatic heterocycles. The quantitative estimate of drug-likeness (QED) is 0.441. The highest BCUT2D eigenvalue weighted by Gasteiger charge is 2.04. The lowest BCUT2D eigenvalue weighted by molar-refractivity contribution is 0.0491. The number of thioether (sulfide) groups is 1. The molecule has 0 aliphatic carbocycles. The van der Waals surface area contributed by atoms with Crippen molar-refractivity contribution >= 4 is 18.0 Å². The first kappa shape index (κ1) is 14.6. The van der Waals surface area contributed by atoms with Gasteiger partial charge in [-0.05, 0) is 23.8 Å². The van der Waals surface area contributed by atoms with Crippen LogP contribution in [0.1, 0.15) is 15.9 Å². The summed E-state index contributed by atoms with van der Waals surface area (Å²) in [5, 5.41) is 0. The molecule has 0 aromatic heterocycles. The van der Waals surface area contributed by atoms with Crippen LogP contribution in [0.5, 0.6) is 5.75 Å². The van der Waals surface area contributed by atoms with Crippen molar-refractivity contribution in [2.24, 2.45) is 0 Å². The summed E-state index contributed by atoms with van der Waals surface area (Å²) in [7, 11) is 1.60. The Morgan fingerprint density at radius 2 is 2.00 bits per heavy atom. The van der Waals surface area contributed by atoms with Crippen molar-refractivity contribution in [1.29, 1.82) is 0 Å². The van der Waals surface area contributed by atoms with Crippen molar-refractivity contribution < 1.29 is 14.3 Å². The SMILES string of the molecule is COCOc1ccccc1SCc1cccc(C=O)c1. The molecule has 2 aromatic rings. The minimum atomic E-state index is 0.234. The van der Waals surface area contributed by atoms with Crippen LogP contribution in [0.2, 0.25) is 0 Å². The predicted octanol–water partition coefficient (Wildman–Crippen LogP) is 3.77. The number of rotatable bonds is 7. The minimum absolute atomic E-state index is 0.234. The maximum atomic E-state index is 10.8. The van der Waals surface area contributed by atoms with Gasteiger partial charge in [0.2, 0.25) is 0 Å². The van der Waals surface area contributed by atoms with E-state index >= 15 is 0 Å². The number of methoxy groups -OCH3 is 1. The first-order valence-corrected chi connectivity index (χ1v) is 7.19. The molecule has 0 heterocycles. The van der Waals surface area contributed by atoms with Crippen LogP contribution >= 0.6 is 11.8 Å². The van der Waals surface area contributed by atoms with E-state index in [0.29, 0.717) is 5.56 Å². The molecule has 0 saturated carbocycles. The zero-order chi connectivity index (χ0) is 14.2. The summed E-state index contributed by atoms with van der Waals surface area (Å²) in [6, 6.07) is 15.5. The summed E-state index contributed by atoms with van der Waals surface area (Å²) in [5.74, 6) is 1.60. The summed E-state index contributed by atoms with van der Waals surface area (Å²) >= 11 is 1.67. The van der Waals surface area contributed by atoms with Crippen LogP contribution in [-0.4, -0.2) is 20.2 Å². The summed E-state index contributed by atoms with van der Waals surface area (Å²) in [6.45, 7) is 0.234. The third-order valence-corrected chi connectivity index (χ3v) is 3.79. The fourth-order valence-corrected chi connectivity index (χ4v) is 2.67. The van der Waals surface area contributed by atoms with E-state index in [0.717, 1.165) is 28.2 Å². The second-order valence-electron chi connectivity index (χ2n) is 4.15. The van der Waals surface area contributed by atoms with Crippen molar-refractivity contribution in [2.75, 3.05) is 13.9 Å². The number of carbonyl (C=O) groups excluding carboxylic acids is 1. The Kier molecular flexibility index (Phi) is 5.65. The van der Waals surface area contributed by atoms with Crippen LogP contribution in [0.4, 0.5) is 0 Å². The minimum Gasteiger partial charge on any atom is -0.466 e. The zero-order valence-electron chi connectivity index (χ0n) is 11.2. The molecule has 0 atom stereocenters. The third kappa shape index (κ3) is 4.11. The van der Waals surface area contributed by atoms with E-state index in [1.807, 2.05) is 42.5 Å². The molecule has 0 radical (unpaired) electrons. The largest absolute Gasteiger partial charge is 0.466 e. The molecule has 0 unspecified atom stereocenters. The molecule has 0 aliphatic rings. The number of carbonyl (C=O) groups is 1. The molecule has 0 fully saturated rings. The van der Waals surface area contributed by atoms with Crippen molar-refractivity contribution in [3.63, 3.8) is 0 Å². The molecule has 2 rings (SSSR count). The average Bonchev–Trinajstić information content (AvgIpc) is 2.52.